The number of fused-ring (bicyclic) bond motifs is 1. The van der Waals surface area contributed by atoms with Crippen molar-refractivity contribution in [1.29, 1.82) is 0 Å². The van der Waals surface area contributed by atoms with Gasteiger partial charge in [0.15, 0.2) is 18.1 Å². The maximum absolute atomic E-state index is 12.0. The molecule has 0 unspecified atom stereocenters. The lowest BCUT2D eigenvalue weighted by molar-refractivity contribution is -0.132. The molecule has 0 aliphatic carbocycles. The van der Waals surface area contributed by atoms with Crippen LogP contribution in [0.3, 0.4) is 0 Å². The summed E-state index contributed by atoms with van der Waals surface area (Å²) < 4.78 is 16.6. The normalized spacial score (nSPS) is 10.8. The van der Waals surface area contributed by atoms with Gasteiger partial charge in [0.05, 0.1) is 17.8 Å². The first-order valence-corrected chi connectivity index (χ1v) is 9.75. The maximum atomic E-state index is 12.0. The minimum absolute atomic E-state index is 0.191. The number of benzene rings is 3. The third kappa shape index (κ3) is 5.36. The number of nitrogens with zero attached hydrogens (tertiary/aromatic N) is 1. The first-order valence-electron chi connectivity index (χ1n) is 8.96. The number of hydrogen-bond acceptors (Lipinski definition) is 6. The second-order valence-electron chi connectivity index (χ2n) is 6.18. The van der Waals surface area contributed by atoms with Crippen LogP contribution >= 0.6 is 15.9 Å². The average Bonchev–Trinajstić information content (AvgIpc) is 2.74. The van der Waals surface area contributed by atoms with Crippen LogP contribution in [0.5, 0.6) is 17.2 Å². The molecule has 0 aromatic heterocycles. The number of esters is 1. The summed E-state index contributed by atoms with van der Waals surface area (Å²) in [6.07, 6.45) is 1.45. The number of amides is 1. The number of hydrogen-bond donors (Lipinski definition) is 1. The van der Waals surface area contributed by atoms with E-state index in [0.29, 0.717) is 22.8 Å². The Morgan fingerprint density at radius 1 is 1.07 bits per heavy atom. The summed E-state index contributed by atoms with van der Waals surface area (Å²) in [7, 11) is 1.47. The van der Waals surface area contributed by atoms with Crippen LogP contribution in [0.2, 0.25) is 0 Å². The van der Waals surface area contributed by atoms with Gasteiger partial charge in [-0.1, -0.05) is 30.3 Å². The van der Waals surface area contributed by atoms with Gasteiger partial charge in [0.1, 0.15) is 5.75 Å². The standard InChI is InChI=1S/C22H19BrN2O5/c1-14(26)30-18-9-7-15(11-20(18)28-2)12-24-25-21(27)13-29-19-10-8-16-5-3-4-6-17(16)22(19)23/h3-12H,13H2,1-2H3,(H,25,27)/b24-12+. The zero-order chi connectivity index (χ0) is 21.5. The number of rotatable bonds is 7. The lowest BCUT2D eigenvalue weighted by atomic mass is 10.1. The summed E-state index contributed by atoms with van der Waals surface area (Å²) >= 11 is 3.52. The van der Waals surface area contributed by atoms with Gasteiger partial charge in [0, 0.05) is 6.92 Å². The van der Waals surface area contributed by atoms with E-state index in [1.54, 1.807) is 24.3 Å². The van der Waals surface area contributed by atoms with Crippen molar-refractivity contribution in [3.63, 3.8) is 0 Å². The molecule has 0 heterocycles. The molecule has 0 spiro atoms. The fourth-order valence-corrected chi connectivity index (χ4v) is 3.29. The molecule has 0 fully saturated rings. The fourth-order valence-electron chi connectivity index (χ4n) is 2.68. The lowest BCUT2D eigenvalue weighted by Crippen LogP contribution is -2.24. The van der Waals surface area contributed by atoms with Gasteiger partial charge in [-0.05, 0) is 56.5 Å². The van der Waals surface area contributed by atoms with Gasteiger partial charge < -0.3 is 14.2 Å². The quantitative estimate of drug-likeness (QED) is 0.243. The monoisotopic (exact) mass is 470 g/mol. The molecule has 0 saturated carbocycles. The topological polar surface area (TPSA) is 86.2 Å². The highest BCUT2D eigenvalue weighted by Gasteiger charge is 2.09. The number of ether oxygens (including phenoxy) is 3. The van der Waals surface area contributed by atoms with Crippen molar-refractivity contribution in [3.05, 3.63) is 64.6 Å². The van der Waals surface area contributed by atoms with Crippen molar-refractivity contribution in [2.45, 2.75) is 6.92 Å². The first kappa shape index (κ1) is 21.3. The minimum Gasteiger partial charge on any atom is -0.493 e. The molecule has 0 atom stereocenters. The zero-order valence-corrected chi connectivity index (χ0v) is 17.9. The van der Waals surface area contributed by atoms with Crippen LogP contribution in [0, 0.1) is 0 Å². The second kappa shape index (κ2) is 9.89. The highest BCUT2D eigenvalue weighted by molar-refractivity contribution is 9.10. The first-order chi connectivity index (χ1) is 14.5. The van der Waals surface area contributed by atoms with Crippen LogP contribution in [0.15, 0.2) is 64.2 Å². The Hall–Kier alpha value is -3.39. The van der Waals surface area contributed by atoms with E-state index < -0.39 is 11.9 Å². The van der Waals surface area contributed by atoms with Crippen molar-refractivity contribution in [3.8, 4) is 17.2 Å². The van der Waals surface area contributed by atoms with Gasteiger partial charge in [0.2, 0.25) is 0 Å². The molecular weight excluding hydrogens is 452 g/mol. The Bertz CT molecular complexity index is 1110. The van der Waals surface area contributed by atoms with Gasteiger partial charge in [0.25, 0.3) is 5.91 Å². The molecule has 3 aromatic carbocycles. The third-order valence-electron chi connectivity index (χ3n) is 4.03. The molecule has 154 valence electrons. The Morgan fingerprint density at radius 3 is 2.60 bits per heavy atom. The Morgan fingerprint density at radius 2 is 1.83 bits per heavy atom. The fraction of sp³-hybridized carbons (Fsp3) is 0.136. The van der Waals surface area contributed by atoms with Crippen LogP contribution in [0.25, 0.3) is 10.8 Å². The number of carbonyl (C=O) groups is 2. The van der Waals surface area contributed by atoms with E-state index in [4.69, 9.17) is 14.2 Å². The predicted molar refractivity (Wildman–Crippen MR) is 117 cm³/mol. The van der Waals surface area contributed by atoms with E-state index in [2.05, 4.69) is 26.5 Å². The van der Waals surface area contributed by atoms with Crippen molar-refractivity contribution in [2.24, 2.45) is 5.10 Å². The molecule has 8 heteroatoms. The molecule has 0 saturated heterocycles. The summed E-state index contributed by atoms with van der Waals surface area (Å²) in [4.78, 5) is 23.1. The van der Waals surface area contributed by atoms with Gasteiger partial charge in [-0.3, -0.25) is 9.59 Å². The van der Waals surface area contributed by atoms with Crippen LogP contribution in [0.1, 0.15) is 12.5 Å². The van der Waals surface area contributed by atoms with E-state index in [-0.39, 0.29) is 6.61 Å². The molecule has 1 N–H and O–H groups in total. The van der Waals surface area contributed by atoms with Crippen LogP contribution in [0.4, 0.5) is 0 Å². The molecular formula is C22H19BrN2O5. The average molecular weight is 471 g/mol. The van der Waals surface area contributed by atoms with Crippen LogP contribution in [-0.2, 0) is 9.59 Å². The Labute approximate surface area is 181 Å². The summed E-state index contributed by atoms with van der Waals surface area (Å²) in [5.74, 6) is 0.402. The van der Waals surface area contributed by atoms with E-state index in [0.717, 1.165) is 15.2 Å². The molecule has 0 aliphatic heterocycles. The Balaban J connectivity index is 1.57. The van der Waals surface area contributed by atoms with Gasteiger partial charge in [-0.15, -0.1) is 0 Å². The largest absolute Gasteiger partial charge is 0.493 e. The van der Waals surface area contributed by atoms with Crippen molar-refractivity contribution >= 4 is 44.8 Å². The highest BCUT2D eigenvalue weighted by atomic mass is 79.9. The minimum atomic E-state index is -0.444. The van der Waals surface area contributed by atoms with E-state index >= 15 is 0 Å². The summed E-state index contributed by atoms with van der Waals surface area (Å²) in [6.45, 7) is 1.12. The summed E-state index contributed by atoms with van der Waals surface area (Å²) in [6, 6.07) is 16.5. The summed E-state index contributed by atoms with van der Waals surface area (Å²) in [5, 5.41) is 5.98. The second-order valence-corrected chi connectivity index (χ2v) is 6.98. The molecule has 1 amide bonds. The third-order valence-corrected chi connectivity index (χ3v) is 4.85. The highest BCUT2D eigenvalue weighted by Crippen LogP contribution is 2.33. The number of halogens is 1. The molecule has 3 aromatic rings. The van der Waals surface area contributed by atoms with Gasteiger partial charge in [-0.25, -0.2) is 5.43 Å². The molecule has 0 radical (unpaired) electrons. The van der Waals surface area contributed by atoms with E-state index in [1.807, 2.05) is 30.3 Å². The number of carbonyl (C=O) groups excluding carboxylic acids is 2. The smallest absolute Gasteiger partial charge is 0.308 e. The summed E-state index contributed by atoms with van der Waals surface area (Å²) in [5.41, 5.74) is 3.06. The van der Waals surface area contributed by atoms with Crippen molar-refractivity contribution in [1.82, 2.24) is 5.43 Å². The van der Waals surface area contributed by atoms with Crippen molar-refractivity contribution < 1.29 is 23.8 Å². The number of methoxy groups -OCH3 is 1. The maximum Gasteiger partial charge on any atom is 0.308 e. The van der Waals surface area contributed by atoms with Crippen molar-refractivity contribution in [2.75, 3.05) is 13.7 Å². The van der Waals surface area contributed by atoms with E-state index in [9.17, 15) is 9.59 Å². The molecule has 7 nitrogen and oxygen atoms in total. The van der Waals surface area contributed by atoms with E-state index in [1.165, 1.54) is 20.2 Å². The van der Waals surface area contributed by atoms with Gasteiger partial charge in [-0.2, -0.15) is 5.10 Å². The number of nitrogens with one attached hydrogen (secondary N) is 1. The molecule has 3 rings (SSSR count). The molecule has 0 aliphatic rings. The molecule has 30 heavy (non-hydrogen) atoms. The predicted octanol–water partition coefficient (Wildman–Crippen LogP) is 4.07. The van der Waals surface area contributed by atoms with Crippen LogP contribution in [-0.4, -0.2) is 31.8 Å². The number of hydrazone groups is 1. The Kier molecular flexibility index (Phi) is 7.03. The SMILES string of the molecule is COc1cc(/C=N/NC(=O)COc2ccc3ccccc3c2Br)ccc1OC(C)=O. The van der Waals surface area contributed by atoms with Crippen LogP contribution < -0.4 is 19.6 Å². The zero-order valence-electron chi connectivity index (χ0n) is 16.3. The molecule has 0 bridgehead atoms. The lowest BCUT2D eigenvalue weighted by Gasteiger charge is -2.09. The van der Waals surface area contributed by atoms with Gasteiger partial charge >= 0.3 is 5.97 Å².